The highest BCUT2D eigenvalue weighted by atomic mass is 32.1. The first-order valence-electron chi connectivity index (χ1n) is 5.38. The molecule has 2 heterocycles. The molecule has 78 valence electrons. The average Bonchev–Trinajstić information content (AvgIpc) is 3.02. The molecular formula is C11H13N3S. The maximum atomic E-state index is 4.66. The van der Waals surface area contributed by atoms with Crippen LogP contribution in [-0.2, 0) is 0 Å². The lowest BCUT2D eigenvalue weighted by Gasteiger charge is -2.02. The van der Waals surface area contributed by atoms with E-state index < -0.39 is 0 Å². The summed E-state index contributed by atoms with van der Waals surface area (Å²) in [5, 5.41) is 3.20. The average molecular weight is 219 g/mol. The number of H-pyrrole nitrogens is 1. The Hall–Kier alpha value is -1.16. The van der Waals surface area contributed by atoms with E-state index in [9.17, 15) is 0 Å². The summed E-state index contributed by atoms with van der Waals surface area (Å²) in [7, 11) is 0. The Morgan fingerprint density at radius 1 is 1.33 bits per heavy atom. The van der Waals surface area contributed by atoms with Crippen molar-refractivity contribution in [3.63, 3.8) is 0 Å². The Bertz CT molecular complexity index is 426. The smallest absolute Gasteiger partial charge is 0.166 e. The molecule has 0 bridgehead atoms. The molecule has 4 heteroatoms. The van der Waals surface area contributed by atoms with Gasteiger partial charge >= 0.3 is 0 Å². The number of hydrogen-bond acceptors (Lipinski definition) is 3. The predicted molar refractivity (Wildman–Crippen MR) is 60.9 cm³/mol. The Labute approximate surface area is 92.6 Å². The molecule has 0 saturated heterocycles. The van der Waals surface area contributed by atoms with E-state index in [4.69, 9.17) is 0 Å². The van der Waals surface area contributed by atoms with Crippen LogP contribution in [0.1, 0.15) is 37.3 Å². The Kier molecular flexibility index (Phi) is 2.29. The summed E-state index contributed by atoms with van der Waals surface area (Å²) in [6.07, 6.45) is 8.94. The largest absolute Gasteiger partial charge is 0.343 e. The van der Waals surface area contributed by atoms with Gasteiger partial charge in [-0.1, -0.05) is 12.8 Å². The third kappa shape index (κ3) is 1.69. The van der Waals surface area contributed by atoms with Gasteiger partial charge in [-0.3, -0.25) is 0 Å². The molecule has 1 aliphatic rings. The zero-order valence-corrected chi connectivity index (χ0v) is 9.26. The lowest BCUT2D eigenvalue weighted by Crippen LogP contribution is -1.92. The number of aromatic nitrogens is 3. The first-order chi connectivity index (χ1) is 7.43. The van der Waals surface area contributed by atoms with Crippen molar-refractivity contribution in [2.75, 3.05) is 0 Å². The van der Waals surface area contributed by atoms with E-state index >= 15 is 0 Å². The number of imidazole rings is 1. The summed E-state index contributed by atoms with van der Waals surface area (Å²) in [5.41, 5.74) is 1.27. The molecule has 2 aromatic rings. The number of aromatic amines is 1. The predicted octanol–water partition coefficient (Wildman–Crippen LogP) is 3.19. The molecule has 15 heavy (non-hydrogen) atoms. The Morgan fingerprint density at radius 3 is 2.93 bits per heavy atom. The second kappa shape index (κ2) is 3.77. The van der Waals surface area contributed by atoms with E-state index in [2.05, 4.69) is 20.3 Å². The zero-order chi connectivity index (χ0) is 10.1. The summed E-state index contributed by atoms with van der Waals surface area (Å²) in [6, 6.07) is 0. The van der Waals surface area contributed by atoms with Gasteiger partial charge in [-0.2, -0.15) is 0 Å². The van der Waals surface area contributed by atoms with Gasteiger partial charge in [-0.25, -0.2) is 9.97 Å². The highest BCUT2D eigenvalue weighted by Gasteiger charge is 2.20. The monoisotopic (exact) mass is 219 g/mol. The third-order valence-corrected chi connectivity index (χ3v) is 3.86. The second-order valence-electron chi connectivity index (χ2n) is 4.00. The minimum absolute atomic E-state index is 0.699. The van der Waals surface area contributed by atoms with Crippen LogP contribution in [0, 0.1) is 0 Å². The molecule has 3 rings (SSSR count). The van der Waals surface area contributed by atoms with Crippen molar-refractivity contribution in [1.29, 1.82) is 0 Å². The molecule has 0 aromatic carbocycles. The molecule has 0 amide bonds. The Balaban J connectivity index is 1.87. The minimum atomic E-state index is 0.699. The van der Waals surface area contributed by atoms with Crippen molar-refractivity contribution in [2.45, 2.75) is 31.6 Å². The van der Waals surface area contributed by atoms with Gasteiger partial charge in [0.25, 0.3) is 0 Å². The molecule has 1 N–H and O–H groups in total. The fourth-order valence-corrected chi connectivity index (χ4v) is 3.05. The van der Waals surface area contributed by atoms with Crippen molar-refractivity contribution in [3.8, 4) is 10.8 Å². The summed E-state index contributed by atoms with van der Waals surface area (Å²) in [6.45, 7) is 0. The van der Waals surface area contributed by atoms with Crippen LogP contribution in [0.2, 0.25) is 0 Å². The van der Waals surface area contributed by atoms with E-state index in [0.717, 1.165) is 10.8 Å². The molecule has 1 aliphatic carbocycles. The molecule has 2 aromatic heterocycles. The molecule has 0 spiro atoms. The summed E-state index contributed by atoms with van der Waals surface area (Å²) >= 11 is 1.69. The first kappa shape index (κ1) is 9.09. The first-order valence-corrected chi connectivity index (χ1v) is 6.26. The van der Waals surface area contributed by atoms with Crippen LogP contribution in [0.25, 0.3) is 10.8 Å². The lowest BCUT2D eigenvalue weighted by molar-refractivity contribution is 0.703. The fraction of sp³-hybridized carbons (Fsp3) is 0.455. The Morgan fingerprint density at radius 2 is 2.20 bits per heavy atom. The van der Waals surface area contributed by atoms with Crippen LogP contribution in [-0.4, -0.2) is 15.0 Å². The van der Waals surface area contributed by atoms with Gasteiger partial charge in [0.1, 0.15) is 0 Å². The molecule has 0 unspecified atom stereocenters. The summed E-state index contributed by atoms with van der Waals surface area (Å²) in [5.74, 6) is 1.59. The van der Waals surface area contributed by atoms with Crippen molar-refractivity contribution >= 4 is 11.3 Å². The van der Waals surface area contributed by atoms with Gasteiger partial charge in [0.05, 0.1) is 5.69 Å². The van der Waals surface area contributed by atoms with E-state index in [0.29, 0.717) is 5.92 Å². The molecule has 0 radical (unpaired) electrons. The van der Waals surface area contributed by atoms with Crippen LogP contribution in [0.4, 0.5) is 0 Å². The topological polar surface area (TPSA) is 41.6 Å². The molecular weight excluding hydrogens is 206 g/mol. The standard InChI is InChI=1S/C11H13N3S/c1-2-4-8(3-1)9-7-15-11(14-9)10-12-5-6-13-10/h5-8H,1-4H2,(H,12,13). The van der Waals surface area contributed by atoms with Crippen molar-refractivity contribution in [2.24, 2.45) is 0 Å². The fourth-order valence-electron chi connectivity index (χ4n) is 2.19. The normalized spacial score (nSPS) is 17.3. The summed E-state index contributed by atoms with van der Waals surface area (Å²) in [4.78, 5) is 12.0. The van der Waals surface area contributed by atoms with Crippen LogP contribution < -0.4 is 0 Å². The van der Waals surface area contributed by atoms with Crippen molar-refractivity contribution in [3.05, 3.63) is 23.5 Å². The van der Waals surface area contributed by atoms with Crippen LogP contribution in [0.5, 0.6) is 0 Å². The van der Waals surface area contributed by atoms with E-state index in [1.165, 1.54) is 31.4 Å². The molecule has 0 aliphatic heterocycles. The SMILES string of the molecule is c1c[nH]c(-c2nc(C3CCCC3)cs2)n1. The maximum Gasteiger partial charge on any atom is 0.166 e. The van der Waals surface area contributed by atoms with Gasteiger partial charge in [-0.15, -0.1) is 11.3 Å². The highest BCUT2D eigenvalue weighted by molar-refractivity contribution is 7.13. The van der Waals surface area contributed by atoms with Crippen LogP contribution in [0.15, 0.2) is 17.8 Å². The molecule has 3 nitrogen and oxygen atoms in total. The molecule has 0 atom stereocenters. The van der Waals surface area contributed by atoms with E-state index in [1.807, 2.05) is 6.20 Å². The lowest BCUT2D eigenvalue weighted by atomic mass is 10.1. The highest BCUT2D eigenvalue weighted by Crippen LogP contribution is 2.35. The van der Waals surface area contributed by atoms with Crippen molar-refractivity contribution in [1.82, 2.24) is 15.0 Å². The van der Waals surface area contributed by atoms with Crippen LogP contribution in [0.3, 0.4) is 0 Å². The quantitative estimate of drug-likeness (QED) is 0.842. The van der Waals surface area contributed by atoms with Gasteiger partial charge in [-0.05, 0) is 12.8 Å². The summed E-state index contributed by atoms with van der Waals surface area (Å²) < 4.78 is 0. The maximum absolute atomic E-state index is 4.66. The third-order valence-electron chi connectivity index (χ3n) is 3.00. The minimum Gasteiger partial charge on any atom is -0.343 e. The van der Waals surface area contributed by atoms with Gasteiger partial charge in [0, 0.05) is 23.7 Å². The van der Waals surface area contributed by atoms with Crippen molar-refractivity contribution < 1.29 is 0 Å². The number of nitrogens with one attached hydrogen (secondary N) is 1. The number of thiazole rings is 1. The second-order valence-corrected chi connectivity index (χ2v) is 4.85. The number of nitrogens with zero attached hydrogens (tertiary/aromatic N) is 2. The molecule has 1 saturated carbocycles. The van der Waals surface area contributed by atoms with Gasteiger partial charge < -0.3 is 4.98 Å². The van der Waals surface area contributed by atoms with E-state index in [1.54, 1.807) is 17.5 Å². The number of hydrogen-bond donors (Lipinski definition) is 1. The van der Waals surface area contributed by atoms with Gasteiger partial charge in [0.2, 0.25) is 0 Å². The van der Waals surface area contributed by atoms with E-state index in [-0.39, 0.29) is 0 Å². The van der Waals surface area contributed by atoms with Gasteiger partial charge in [0.15, 0.2) is 10.8 Å². The number of rotatable bonds is 2. The van der Waals surface area contributed by atoms with Crippen LogP contribution >= 0.6 is 11.3 Å². The zero-order valence-electron chi connectivity index (χ0n) is 8.44. The molecule has 1 fully saturated rings.